The molecule has 0 aliphatic carbocycles. The van der Waals surface area contributed by atoms with Crippen LogP contribution in [0.25, 0.3) is 0 Å². The maximum atomic E-state index is 10.6. The van der Waals surface area contributed by atoms with Crippen molar-refractivity contribution in [1.82, 2.24) is 5.32 Å². The van der Waals surface area contributed by atoms with Crippen molar-refractivity contribution in [3.8, 4) is 0 Å². The van der Waals surface area contributed by atoms with Crippen LogP contribution >= 0.6 is 0 Å². The topological polar surface area (TPSA) is 58.6 Å². The van der Waals surface area contributed by atoms with Gasteiger partial charge in [0.2, 0.25) is 0 Å². The fraction of sp³-hybridized carbons (Fsp3) is 0.588. The van der Waals surface area contributed by atoms with E-state index in [0.29, 0.717) is 11.8 Å². The monoisotopic (exact) mass is 345 g/mol. The van der Waals surface area contributed by atoms with Crippen molar-refractivity contribution < 1.29 is 27.8 Å². The van der Waals surface area contributed by atoms with Gasteiger partial charge < -0.3 is 15.2 Å². The Bertz CT molecular complexity index is 616. The van der Waals surface area contributed by atoms with E-state index in [2.05, 4.69) is 44.3 Å². The summed E-state index contributed by atoms with van der Waals surface area (Å²) in [6.07, 6.45) is -5.08. The van der Waals surface area contributed by atoms with Crippen LogP contribution in [0.2, 0.25) is 0 Å². The zero-order valence-electron chi connectivity index (χ0n) is 13.9. The van der Waals surface area contributed by atoms with E-state index in [-0.39, 0.29) is 5.60 Å². The number of hydrogen-bond acceptors (Lipinski definition) is 3. The fourth-order valence-corrected chi connectivity index (χ4v) is 3.29. The number of nitrogens with one attached hydrogen (secondary N) is 1. The highest BCUT2D eigenvalue weighted by Gasteiger charge is 2.44. The molecule has 3 rings (SSSR count). The quantitative estimate of drug-likeness (QED) is 0.819. The maximum absolute atomic E-state index is 10.6. The molecule has 0 aromatic heterocycles. The number of ether oxygens (including phenoxy) is 1. The van der Waals surface area contributed by atoms with Crippen molar-refractivity contribution in [2.45, 2.75) is 51.0 Å². The zero-order valence-corrected chi connectivity index (χ0v) is 13.9. The van der Waals surface area contributed by atoms with Gasteiger partial charge in [0, 0.05) is 19.0 Å². The minimum absolute atomic E-state index is 0.00258. The molecule has 2 heterocycles. The maximum Gasteiger partial charge on any atom is 0.490 e. The first-order valence-electron chi connectivity index (χ1n) is 7.82. The molecule has 0 bridgehead atoms. The second-order valence-electron chi connectivity index (χ2n) is 6.66. The number of aliphatic carboxylic acids is 1. The van der Waals surface area contributed by atoms with Gasteiger partial charge >= 0.3 is 12.1 Å². The molecule has 7 heteroatoms. The molecule has 2 aliphatic heterocycles. The average molecular weight is 345 g/mol. The van der Waals surface area contributed by atoms with Gasteiger partial charge in [0.15, 0.2) is 0 Å². The van der Waals surface area contributed by atoms with Crippen molar-refractivity contribution in [1.29, 1.82) is 0 Å². The Morgan fingerprint density at radius 1 is 1.42 bits per heavy atom. The number of rotatable bonds is 1. The smallest absolute Gasteiger partial charge is 0.475 e. The molecular weight excluding hydrogens is 323 g/mol. The van der Waals surface area contributed by atoms with Crippen molar-refractivity contribution in [2.75, 3.05) is 13.1 Å². The molecule has 134 valence electrons. The summed E-state index contributed by atoms with van der Waals surface area (Å²) in [5.41, 5.74) is 4.41. The highest BCUT2D eigenvalue weighted by Crippen LogP contribution is 2.43. The highest BCUT2D eigenvalue weighted by molar-refractivity contribution is 5.73. The lowest BCUT2D eigenvalue weighted by atomic mass is 9.79. The molecule has 4 nitrogen and oxygen atoms in total. The third-order valence-corrected chi connectivity index (χ3v) is 4.60. The van der Waals surface area contributed by atoms with Crippen LogP contribution in [0.4, 0.5) is 13.2 Å². The molecule has 24 heavy (non-hydrogen) atoms. The molecule has 1 aromatic rings. The van der Waals surface area contributed by atoms with Crippen molar-refractivity contribution >= 4 is 5.97 Å². The molecule has 0 radical (unpaired) electrons. The molecular formula is C17H22F3NO3. The van der Waals surface area contributed by atoms with Crippen LogP contribution in [0.5, 0.6) is 0 Å². The van der Waals surface area contributed by atoms with E-state index in [0.717, 1.165) is 19.7 Å². The fourth-order valence-electron chi connectivity index (χ4n) is 3.29. The van der Waals surface area contributed by atoms with Gasteiger partial charge in [-0.25, -0.2) is 4.79 Å². The van der Waals surface area contributed by atoms with Gasteiger partial charge in [-0.05, 0) is 29.5 Å². The van der Waals surface area contributed by atoms with Gasteiger partial charge in [-0.3, -0.25) is 0 Å². The molecule has 2 atom stereocenters. The van der Waals surface area contributed by atoms with Gasteiger partial charge in [0.05, 0.1) is 12.2 Å². The Morgan fingerprint density at radius 3 is 2.58 bits per heavy atom. The highest BCUT2D eigenvalue weighted by atomic mass is 19.4. The normalized spacial score (nSPS) is 25.5. The second kappa shape index (κ2) is 6.72. The number of carbonyl (C=O) groups is 1. The molecule has 1 aromatic carbocycles. The lowest BCUT2D eigenvalue weighted by Gasteiger charge is -2.38. The van der Waals surface area contributed by atoms with Gasteiger partial charge in [-0.15, -0.1) is 0 Å². The summed E-state index contributed by atoms with van der Waals surface area (Å²) >= 11 is 0. The first-order chi connectivity index (χ1) is 11.1. The summed E-state index contributed by atoms with van der Waals surface area (Å²) in [5.74, 6) is -1.66. The number of hydrogen-bond donors (Lipinski definition) is 2. The average Bonchev–Trinajstić information content (AvgIpc) is 2.88. The number of fused-ring (bicyclic) bond motifs is 3. The Balaban J connectivity index is 0.000000256. The Morgan fingerprint density at radius 2 is 2.04 bits per heavy atom. The Kier molecular flexibility index (Phi) is 5.25. The SMILES string of the molecule is CC(C)c1cccc2c1CO[C@@]1(C)CNC[C@H]21.O=C(O)C(F)(F)F. The second-order valence-corrected chi connectivity index (χ2v) is 6.66. The Labute approximate surface area is 139 Å². The number of carboxylic acid groups (broad SMARTS) is 1. The largest absolute Gasteiger partial charge is 0.490 e. The summed E-state index contributed by atoms with van der Waals surface area (Å²) in [6, 6.07) is 6.75. The third-order valence-electron chi connectivity index (χ3n) is 4.60. The van der Waals surface area contributed by atoms with Crippen LogP contribution in [0.15, 0.2) is 18.2 Å². The molecule has 0 amide bonds. The van der Waals surface area contributed by atoms with Gasteiger partial charge in [0.25, 0.3) is 0 Å². The van der Waals surface area contributed by atoms with E-state index in [1.807, 2.05) is 0 Å². The van der Waals surface area contributed by atoms with Crippen molar-refractivity contribution in [3.05, 3.63) is 34.9 Å². The van der Waals surface area contributed by atoms with Crippen LogP contribution in [-0.2, 0) is 16.1 Å². The molecule has 0 saturated carbocycles. The standard InChI is InChI=1S/C15H21NO.C2HF3O2/c1-10(2)11-5-4-6-12-13(11)8-17-15(3)9-16-7-14(12)15;3-2(4,5)1(6)7/h4-6,10,14,16H,7-9H2,1-3H3;(H,6,7)/t14-,15+;/m1./s1. The summed E-state index contributed by atoms with van der Waals surface area (Å²) in [5, 5.41) is 10.6. The summed E-state index contributed by atoms with van der Waals surface area (Å²) in [7, 11) is 0. The van der Waals surface area contributed by atoms with Crippen LogP contribution in [-0.4, -0.2) is 35.9 Å². The number of carboxylic acids is 1. The predicted octanol–water partition coefficient (Wildman–Crippen LogP) is 3.42. The lowest BCUT2D eigenvalue weighted by molar-refractivity contribution is -0.192. The van der Waals surface area contributed by atoms with Crippen LogP contribution in [0, 0.1) is 0 Å². The van der Waals surface area contributed by atoms with E-state index in [1.54, 1.807) is 0 Å². The lowest BCUT2D eigenvalue weighted by Crippen LogP contribution is -2.40. The molecule has 2 N–H and O–H groups in total. The van der Waals surface area contributed by atoms with Crippen molar-refractivity contribution in [2.24, 2.45) is 0 Å². The summed E-state index contributed by atoms with van der Waals surface area (Å²) in [6.45, 7) is 9.56. The van der Waals surface area contributed by atoms with Gasteiger partial charge in [0.1, 0.15) is 0 Å². The first kappa shape index (κ1) is 18.7. The van der Waals surface area contributed by atoms with E-state index in [1.165, 1.54) is 16.7 Å². The van der Waals surface area contributed by atoms with Gasteiger partial charge in [-0.1, -0.05) is 32.0 Å². The molecule has 2 aliphatic rings. The minimum Gasteiger partial charge on any atom is -0.475 e. The zero-order chi connectivity index (χ0) is 18.1. The molecule has 0 unspecified atom stereocenters. The summed E-state index contributed by atoms with van der Waals surface area (Å²) < 4.78 is 37.9. The number of halogens is 3. The number of alkyl halides is 3. The summed E-state index contributed by atoms with van der Waals surface area (Å²) in [4.78, 5) is 8.90. The third kappa shape index (κ3) is 3.72. The van der Waals surface area contributed by atoms with E-state index in [4.69, 9.17) is 14.6 Å². The van der Waals surface area contributed by atoms with Gasteiger partial charge in [-0.2, -0.15) is 13.2 Å². The van der Waals surface area contributed by atoms with E-state index >= 15 is 0 Å². The van der Waals surface area contributed by atoms with Crippen molar-refractivity contribution in [3.63, 3.8) is 0 Å². The minimum atomic E-state index is -5.08. The molecule has 0 spiro atoms. The van der Waals surface area contributed by atoms with E-state index in [9.17, 15) is 13.2 Å². The predicted molar refractivity (Wildman–Crippen MR) is 83.0 cm³/mol. The number of benzene rings is 1. The Hall–Kier alpha value is -1.60. The molecule has 1 saturated heterocycles. The van der Waals surface area contributed by atoms with E-state index < -0.39 is 12.1 Å². The van der Waals surface area contributed by atoms with Crippen LogP contribution < -0.4 is 5.32 Å². The van der Waals surface area contributed by atoms with Crippen LogP contribution in [0.3, 0.4) is 0 Å². The molecule has 1 fully saturated rings. The first-order valence-corrected chi connectivity index (χ1v) is 7.82. The van der Waals surface area contributed by atoms with Crippen LogP contribution in [0.1, 0.15) is 49.3 Å².